The smallest absolute Gasteiger partial charge is 0.340 e. The summed E-state index contributed by atoms with van der Waals surface area (Å²) in [6, 6.07) is 1.85. The lowest BCUT2D eigenvalue weighted by Crippen LogP contribution is -2.17. The summed E-state index contributed by atoms with van der Waals surface area (Å²) >= 11 is 3.44. The second-order valence-electron chi connectivity index (χ2n) is 6.66. The molecule has 2 rings (SSSR count). The summed E-state index contributed by atoms with van der Waals surface area (Å²) in [5.74, 6) is -0.194. The number of aromatic nitrogens is 1. The van der Waals surface area contributed by atoms with Crippen molar-refractivity contribution >= 4 is 32.8 Å². The van der Waals surface area contributed by atoms with Crippen LogP contribution in [0.15, 0.2) is 10.5 Å². The molecule has 0 aliphatic rings. The molecule has 7 heteroatoms. The fraction of sp³-hybridized carbons (Fsp3) is 0.500. The first-order valence-corrected chi connectivity index (χ1v) is 8.96. The number of aryl methyl sites for hydroxylation is 1. The minimum atomic E-state index is -0.355. The summed E-state index contributed by atoms with van der Waals surface area (Å²) in [5, 5.41) is 11.4. The molecular weight excluding hydrogens is 386 g/mol. The zero-order chi connectivity index (χ0) is 18.9. The Balaban J connectivity index is 2.90. The summed E-state index contributed by atoms with van der Waals surface area (Å²) in [7, 11) is 9.72. The standard InChI is InChI=1S/C18H26BrN3O3/c1-7-25-18(24)16-14(10-21(4)5)22(6)13-8-12(19)17(23)11(15(13)16)9-20(2)3/h8,23H,7,9-10H2,1-6H3. The highest BCUT2D eigenvalue weighted by Gasteiger charge is 2.27. The van der Waals surface area contributed by atoms with Crippen molar-refractivity contribution in [3.8, 4) is 5.75 Å². The van der Waals surface area contributed by atoms with Crippen LogP contribution in [0.25, 0.3) is 10.9 Å². The Morgan fingerprint density at radius 2 is 1.84 bits per heavy atom. The summed E-state index contributed by atoms with van der Waals surface area (Å²) in [4.78, 5) is 16.7. The van der Waals surface area contributed by atoms with Crippen LogP contribution in [0.3, 0.4) is 0 Å². The number of hydrogen-bond donors (Lipinski definition) is 1. The molecule has 1 aromatic carbocycles. The molecule has 138 valence electrons. The SMILES string of the molecule is CCOC(=O)c1c(CN(C)C)n(C)c2cc(Br)c(O)c(CN(C)C)c12. The van der Waals surface area contributed by atoms with Gasteiger partial charge in [0.05, 0.1) is 22.2 Å². The van der Waals surface area contributed by atoms with Gasteiger partial charge in [0.25, 0.3) is 0 Å². The summed E-state index contributed by atoms with van der Waals surface area (Å²) in [6.45, 7) is 3.21. The van der Waals surface area contributed by atoms with Crippen molar-refractivity contribution in [3.63, 3.8) is 0 Å². The monoisotopic (exact) mass is 411 g/mol. The summed E-state index contributed by atoms with van der Waals surface area (Å²) in [5.41, 5.74) is 3.02. The number of ether oxygens (including phenoxy) is 1. The second-order valence-corrected chi connectivity index (χ2v) is 7.51. The fourth-order valence-electron chi connectivity index (χ4n) is 3.06. The molecule has 0 saturated carbocycles. The van der Waals surface area contributed by atoms with Crippen LogP contribution < -0.4 is 0 Å². The number of rotatable bonds is 6. The van der Waals surface area contributed by atoms with Crippen molar-refractivity contribution in [2.24, 2.45) is 7.05 Å². The van der Waals surface area contributed by atoms with Gasteiger partial charge in [-0.2, -0.15) is 0 Å². The predicted molar refractivity (Wildman–Crippen MR) is 103 cm³/mol. The van der Waals surface area contributed by atoms with Crippen LogP contribution in [0.1, 0.15) is 28.5 Å². The zero-order valence-corrected chi connectivity index (χ0v) is 17.3. The van der Waals surface area contributed by atoms with Gasteiger partial charge in [0, 0.05) is 36.8 Å². The van der Waals surface area contributed by atoms with Crippen LogP contribution in [0.2, 0.25) is 0 Å². The van der Waals surface area contributed by atoms with Crippen LogP contribution in [0.5, 0.6) is 5.75 Å². The number of esters is 1. The van der Waals surface area contributed by atoms with Crippen LogP contribution in [-0.2, 0) is 24.9 Å². The van der Waals surface area contributed by atoms with E-state index in [-0.39, 0.29) is 11.7 Å². The largest absolute Gasteiger partial charge is 0.506 e. The van der Waals surface area contributed by atoms with Gasteiger partial charge in [0.15, 0.2) is 0 Å². The molecule has 0 spiro atoms. The van der Waals surface area contributed by atoms with Crippen LogP contribution in [0.4, 0.5) is 0 Å². The average molecular weight is 412 g/mol. The van der Waals surface area contributed by atoms with Gasteiger partial charge in [0.2, 0.25) is 0 Å². The van der Waals surface area contributed by atoms with Gasteiger partial charge in [-0.3, -0.25) is 0 Å². The first-order valence-electron chi connectivity index (χ1n) is 8.17. The topological polar surface area (TPSA) is 57.9 Å². The highest BCUT2D eigenvalue weighted by atomic mass is 79.9. The molecule has 0 atom stereocenters. The number of halogens is 1. The molecule has 2 aromatic rings. The van der Waals surface area contributed by atoms with E-state index in [0.717, 1.165) is 22.2 Å². The van der Waals surface area contributed by atoms with Gasteiger partial charge in [0.1, 0.15) is 5.75 Å². The van der Waals surface area contributed by atoms with Crippen LogP contribution in [0, 0.1) is 0 Å². The number of carbonyl (C=O) groups is 1. The van der Waals surface area contributed by atoms with Crippen molar-refractivity contribution in [2.75, 3.05) is 34.8 Å². The van der Waals surface area contributed by atoms with E-state index in [4.69, 9.17) is 4.74 Å². The molecule has 0 aliphatic heterocycles. The predicted octanol–water partition coefficient (Wildman–Crippen LogP) is 2.95. The Morgan fingerprint density at radius 1 is 1.24 bits per heavy atom. The molecule has 0 radical (unpaired) electrons. The van der Waals surface area contributed by atoms with Gasteiger partial charge >= 0.3 is 5.97 Å². The van der Waals surface area contributed by atoms with E-state index in [1.807, 2.05) is 55.7 Å². The molecule has 6 nitrogen and oxygen atoms in total. The molecule has 0 amide bonds. The Morgan fingerprint density at radius 3 is 2.36 bits per heavy atom. The van der Waals surface area contributed by atoms with E-state index in [2.05, 4.69) is 15.9 Å². The van der Waals surface area contributed by atoms with Crippen molar-refractivity contribution in [1.29, 1.82) is 0 Å². The number of carbonyl (C=O) groups excluding carboxylic acids is 1. The van der Waals surface area contributed by atoms with Crippen molar-refractivity contribution in [2.45, 2.75) is 20.0 Å². The van der Waals surface area contributed by atoms with Gasteiger partial charge < -0.3 is 24.2 Å². The highest BCUT2D eigenvalue weighted by Crippen LogP contribution is 2.39. The molecule has 0 saturated heterocycles. The third kappa shape index (κ3) is 3.83. The van der Waals surface area contributed by atoms with Gasteiger partial charge in [-0.25, -0.2) is 4.79 Å². The first-order chi connectivity index (χ1) is 11.7. The lowest BCUT2D eigenvalue weighted by Gasteiger charge is -2.15. The minimum Gasteiger partial charge on any atom is -0.506 e. The third-order valence-electron chi connectivity index (χ3n) is 4.06. The van der Waals surface area contributed by atoms with Crippen LogP contribution >= 0.6 is 15.9 Å². The molecule has 1 N–H and O–H groups in total. The highest BCUT2D eigenvalue weighted by molar-refractivity contribution is 9.10. The Kier molecular flexibility index (Phi) is 6.13. The third-order valence-corrected chi connectivity index (χ3v) is 4.66. The quantitative estimate of drug-likeness (QED) is 0.740. The number of phenols is 1. The van der Waals surface area contributed by atoms with E-state index in [9.17, 15) is 9.90 Å². The molecule has 1 aromatic heterocycles. The lowest BCUT2D eigenvalue weighted by molar-refractivity contribution is 0.0526. The van der Waals surface area contributed by atoms with Crippen LogP contribution in [-0.4, -0.2) is 60.2 Å². The Bertz CT molecular complexity index is 797. The average Bonchev–Trinajstić information content (AvgIpc) is 2.76. The number of hydrogen-bond acceptors (Lipinski definition) is 5. The van der Waals surface area contributed by atoms with Crippen molar-refractivity contribution in [1.82, 2.24) is 14.4 Å². The lowest BCUT2D eigenvalue weighted by atomic mass is 10.0. The van der Waals surface area contributed by atoms with Gasteiger partial charge in [-0.15, -0.1) is 0 Å². The molecular formula is C18H26BrN3O3. The maximum atomic E-state index is 12.7. The van der Waals surface area contributed by atoms with Crippen molar-refractivity contribution in [3.05, 3.63) is 27.4 Å². The summed E-state index contributed by atoms with van der Waals surface area (Å²) in [6.07, 6.45) is 0. The fourth-order valence-corrected chi connectivity index (χ4v) is 3.51. The maximum absolute atomic E-state index is 12.7. The Hall–Kier alpha value is -1.57. The number of nitrogens with zero attached hydrogens (tertiary/aromatic N) is 3. The number of fused-ring (bicyclic) bond motifs is 1. The van der Waals surface area contributed by atoms with E-state index < -0.39 is 0 Å². The van der Waals surface area contributed by atoms with Gasteiger partial charge in [-0.1, -0.05) is 0 Å². The molecule has 0 aliphatic carbocycles. The normalized spacial score (nSPS) is 11.7. The van der Waals surface area contributed by atoms with E-state index in [1.54, 1.807) is 6.92 Å². The zero-order valence-electron chi connectivity index (χ0n) is 15.7. The second kappa shape index (κ2) is 7.76. The van der Waals surface area contributed by atoms with E-state index >= 15 is 0 Å². The molecule has 0 bridgehead atoms. The summed E-state index contributed by atoms with van der Waals surface area (Å²) < 4.78 is 7.94. The Labute approximate surface area is 157 Å². The maximum Gasteiger partial charge on any atom is 0.340 e. The number of benzene rings is 1. The first kappa shape index (κ1) is 19.8. The molecule has 1 heterocycles. The number of aromatic hydroxyl groups is 1. The minimum absolute atomic E-state index is 0.161. The molecule has 0 fully saturated rings. The van der Waals surface area contributed by atoms with E-state index in [1.165, 1.54) is 0 Å². The van der Waals surface area contributed by atoms with Crippen molar-refractivity contribution < 1.29 is 14.6 Å². The molecule has 0 unspecified atom stereocenters. The van der Waals surface area contributed by atoms with Gasteiger partial charge in [-0.05, 0) is 57.1 Å². The number of phenolic OH excluding ortho intramolecular Hbond substituents is 1. The molecule has 25 heavy (non-hydrogen) atoms. The van der Waals surface area contributed by atoms with E-state index in [0.29, 0.717) is 29.7 Å².